The Bertz CT molecular complexity index is 206. The number of amides is 2. The number of nitrogens with one attached hydrogen (secondary N) is 2. The Hall–Kier alpha value is -0.400. The van der Waals surface area contributed by atoms with Gasteiger partial charge < -0.3 is 15.4 Å². The number of carbonyl (C=O) groups excluding carboxylic acids is 2. The Morgan fingerprint density at radius 1 is 0.882 bits per heavy atom. The average molecular weight is 280 g/mol. The second kappa shape index (κ2) is 12.1. The number of rotatable bonds is 10. The lowest BCUT2D eigenvalue weighted by molar-refractivity contribution is -0.121. The molecule has 0 aromatic carbocycles. The molecular weight excluding hydrogens is 260 g/mol. The van der Waals surface area contributed by atoms with E-state index in [0.29, 0.717) is 50.7 Å². The molecule has 2 amide bonds. The number of hydrogen-bond acceptors (Lipinski definition) is 5. The molecule has 0 saturated heterocycles. The van der Waals surface area contributed by atoms with Crippen LogP contribution in [0.15, 0.2) is 0 Å². The van der Waals surface area contributed by atoms with Crippen LogP contribution >= 0.6 is 25.3 Å². The van der Waals surface area contributed by atoms with Crippen molar-refractivity contribution in [3.8, 4) is 0 Å². The molecule has 0 aromatic heterocycles. The summed E-state index contributed by atoms with van der Waals surface area (Å²) in [6, 6.07) is 0. The zero-order chi connectivity index (χ0) is 12.9. The minimum Gasteiger partial charge on any atom is -0.378 e. The van der Waals surface area contributed by atoms with Crippen LogP contribution in [0.25, 0.3) is 0 Å². The van der Waals surface area contributed by atoms with Crippen LogP contribution in [0, 0.1) is 0 Å². The van der Waals surface area contributed by atoms with Crippen molar-refractivity contribution in [2.75, 3.05) is 37.8 Å². The maximum atomic E-state index is 11.0. The van der Waals surface area contributed by atoms with E-state index in [9.17, 15) is 9.59 Å². The fourth-order valence-electron chi connectivity index (χ4n) is 1.01. The molecule has 17 heavy (non-hydrogen) atoms. The summed E-state index contributed by atoms with van der Waals surface area (Å²) in [5.74, 6) is 1.05. The number of ether oxygens (including phenoxy) is 1. The molecule has 100 valence electrons. The van der Waals surface area contributed by atoms with Gasteiger partial charge in [-0.3, -0.25) is 9.59 Å². The van der Waals surface area contributed by atoms with Gasteiger partial charge in [-0.2, -0.15) is 25.3 Å². The maximum Gasteiger partial charge on any atom is 0.220 e. The normalized spacial score (nSPS) is 10.0. The van der Waals surface area contributed by atoms with Crippen LogP contribution in [0.2, 0.25) is 0 Å². The van der Waals surface area contributed by atoms with Gasteiger partial charge >= 0.3 is 0 Å². The van der Waals surface area contributed by atoms with Gasteiger partial charge in [0.05, 0.1) is 13.2 Å². The molecule has 0 saturated carbocycles. The van der Waals surface area contributed by atoms with Gasteiger partial charge in [0.15, 0.2) is 0 Å². The Balaban J connectivity index is 3.18. The molecule has 0 fully saturated rings. The highest BCUT2D eigenvalue weighted by Crippen LogP contribution is 1.84. The van der Waals surface area contributed by atoms with E-state index in [1.54, 1.807) is 0 Å². The van der Waals surface area contributed by atoms with Crippen LogP contribution in [-0.2, 0) is 14.3 Å². The lowest BCUT2D eigenvalue weighted by Gasteiger charge is -2.06. The molecule has 0 radical (unpaired) electrons. The van der Waals surface area contributed by atoms with Gasteiger partial charge in [0.2, 0.25) is 11.8 Å². The first-order valence-electron chi connectivity index (χ1n) is 5.53. The second-order valence-electron chi connectivity index (χ2n) is 3.26. The first-order valence-corrected chi connectivity index (χ1v) is 6.80. The van der Waals surface area contributed by atoms with E-state index in [-0.39, 0.29) is 11.8 Å². The third-order valence-corrected chi connectivity index (χ3v) is 2.26. The topological polar surface area (TPSA) is 67.4 Å². The molecule has 0 aliphatic rings. The standard InChI is InChI=1S/C10H20N2O3S2/c13-9(1-7-16)11-3-5-15-6-4-12-10(14)2-8-17/h16-17H,1-8H2,(H,11,13)(H,12,14). The monoisotopic (exact) mass is 280 g/mol. The lowest BCUT2D eigenvalue weighted by atomic mass is 10.4. The Morgan fingerprint density at radius 3 is 1.65 bits per heavy atom. The number of carbonyl (C=O) groups is 2. The van der Waals surface area contributed by atoms with Crippen molar-refractivity contribution < 1.29 is 14.3 Å². The quantitative estimate of drug-likeness (QED) is 0.333. The molecule has 2 N–H and O–H groups in total. The van der Waals surface area contributed by atoms with E-state index in [1.165, 1.54) is 0 Å². The average Bonchev–Trinajstić information content (AvgIpc) is 2.28. The van der Waals surface area contributed by atoms with Gasteiger partial charge in [0, 0.05) is 25.9 Å². The summed E-state index contributed by atoms with van der Waals surface area (Å²) >= 11 is 7.90. The van der Waals surface area contributed by atoms with Crippen LogP contribution in [0.5, 0.6) is 0 Å². The van der Waals surface area contributed by atoms with E-state index in [0.717, 1.165) is 0 Å². The van der Waals surface area contributed by atoms with Gasteiger partial charge in [-0.1, -0.05) is 0 Å². The van der Waals surface area contributed by atoms with Crippen LogP contribution in [0.4, 0.5) is 0 Å². The largest absolute Gasteiger partial charge is 0.378 e. The highest BCUT2D eigenvalue weighted by Gasteiger charge is 1.99. The molecular formula is C10H20N2O3S2. The first-order chi connectivity index (χ1) is 8.20. The fraction of sp³-hybridized carbons (Fsp3) is 0.800. The molecule has 0 aromatic rings. The molecule has 0 spiro atoms. The Labute approximate surface area is 113 Å². The minimum atomic E-state index is -0.0225. The van der Waals surface area contributed by atoms with Crippen LogP contribution < -0.4 is 10.6 Å². The van der Waals surface area contributed by atoms with Crippen molar-refractivity contribution in [2.45, 2.75) is 12.8 Å². The van der Waals surface area contributed by atoms with E-state index in [4.69, 9.17) is 4.74 Å². The predicted octanol–water partition coefficient (Wildman–Crippen LogP) is -0.125. The van der Waals surface area contributed by atoms with Crippen molar-refractivity contribution in [3.63, 3.8) is 0 Å². The van der Waals surface area contributed by atoms with Gasteiger partial charge in [0.1, 0.15) is 0 Å². The third-order valence-electron chi connectivity index (χ3n) is 1.81. The Morgan fingerprint density at radius 2 is 1.29 bits per heavy atom. The predicted molar refractivity (Wildman–Crippen MR) is 73.8 cm³/mol. The second-order valence-corrected chi connectivity index (χ2v) is 4.15. The van der Waals surface area contributed by atoms with Crippen LogP contribution in [0.1, 0.15) is 12.8 Å². The third kappa shape index (κ3) is 11.9. The van der Waals surface area contributed by atoms with Crippen molar-refractivity contribution in [2.24, 2.45) is 0 Å². The summed E-state index contributed by atoms with van der Waals surface area (Å²) in [5.41, 5.74) is 0. The maximum absolute atomic E-state index is 11.0. The van der Waals surface area contributed by atoms with Gasteiger partial charge in [-0.25, -0.2) is 0 Å². The van der Waals surface area contributed by atoms with E-state index in [1.807, 2.05) is 0 Å². The molecule has 0 heterocycles. The Kier molecular flexibility index (Phi) is 11.8. The van der Waals surface area contributed by atoms with Crippen molar-refractivity contribution in [1.29, 1.82) is 0 Å². The zero-order valence-electron chi connectivity index (χ0n) is 9.78. The van der Waals surface area contributed by atoms with E-state index < -0.39 is 0 Å². The summed E-state index contributed by atoms with van der Waals surface area (Å²) in [5, 5.41) is 5.39. The summed E-state index contributed by atoms with van der Waals surface area (Å²) in [6.45, 7) is 1.86. The van der Waals surface area contributed by atoms with Gasteiger partial charge in [0.25, 0.3) is 0 Å². The van der Waals surface area contributed by atoms with E-state index in [2.05, 4.69) is 35.9 Å². The molecule has 0 aliphatic heterocycles. The molecule has 0 aliphatic carbocycles. The number of hydrogen-bond donors (Lipinski definition) is 4. The molecule has 0 bridgehead atoms. The van der Waals surface area contributed by atoms with Crippen molar-refractivity contribution >= 4 is 37.1 Å². The van der Waals surface area contributed by atoms with E-state index >= 15 is 0 Å². The molecule has 0 rings (SSSR count). The molecule has 0 unspecified atom stereocenters. The molecule has 0 atom stereocenters. The summed E-state index contributed by atoms with van der Waals surface area (Å²) in [4.78, 5) is 22.0. The molecule has 7 heteroatoms. The fourth-order valence-corrected chi connectivity index (χ4v) is 1.41. The van der Waals surface area contributed by atoms with Gasteiger partial charge in [-0.05, 0) is 11.5 Å². The zero-order valence-corrected chi connectivity index (χ0v) is 11.6. The highest BCUT2D eigenvalue weighted by molar-refractivity contribution is 7.80. The van der Waals surface area contributed by atoms with Gasteiger partial charge in [-0.15, -0.1) is 0 Å². The lowest BCUT2D eigenvalue weighted by Crippen LogP contribution is -2.30. The van der Waals surface area contributed by atoms with Crippen molar-refractivity contribution in [3.05, 3.63) is 0 Å². The highest BCUT2D eigenvalue weighted by atomic mass is 32.1. The molecule has 5 nitrogen and oxygen atoms in total. The summed E-state index contributed by atoms with van der Waals surface area (Å²) in [6.07, 6.45) is 0.839. The van der Waals surface area contributed by atoms with Crippen LogP contribution in [-0.4, -0.2) is 49.6 Å². The van der Waals surface area contributed by atoms with Crippen LogP contribution in [0.3, 0.4) is 0 Å². The summed E-state index contributed by atoms with van der Waals surface area (Å²) < 4.78 is 5.22. The number of thiol groups is 2. The smallest absolute Gasteiger partial charge is 0.220 e. The van der Waals surface area contributed by atoms with Crippen molar-refractivity contribution in [1.82, 2.24) is 10.6 Å². The first kappa shape index (κ1) is 16.6. The SMILES string of the molecule is O=C(CCS)NCCOCCNC(=O)CCS. The summed E-state index contributed by atoms with van der Waals surface area (Å²) in [7, 11) is 0. The minimum absolute atomic E-state index is 0.0225.